The van der Waals surface area contributed by atoms with Gasteiger partial charge in [-0.25, -0.2) is 4.98 Å². The highest BCUT2D eigenvalue weighted by molar-refractivity contribution is 7.99. The van der Waals surface area contributed by atoms with Crippen molar-refractivity contribution in [2.45, 2.75) is 16.5 Å². The normalized spacial score (nSPS) is 10.4. The Morgan fingerprint density at radius 3 is 2.60 bits per heavy atom. The van der Waals surface area contributed by atoms with Crippen LogP contribution in [0.2, 0.25) is 0 Å². The number of rotatable bonds is 5. The molecular weight excluding hydrogens is 268 g/mol. The summed E-state index contributed by atoms with van der Waals surface area (Å²) in [5, 5.41) is 4.12. The van der Waals surface area contributed by atoms with Crippen molar-refractivity contribution in [3.8, 4) is 0 Å². The lowest BCUT2D eigenvalue weighted by Gasteiger charge is -2.02. The number of pyridine rings is 1. The van der Waals surface area contributed by atoms with Crippen LogP contribution >= 0.6 is 11.8 Å². The van der Waals surface area contributed by atoms with E-state index in [4.69, 9.17) is 4.42 Å². The van der Waals surface area contributed by atoms with Gasteiger partial charge in [0, 0.05) is 11.1 Å². The topological polar surface area (TPSA) is 38.1 Å². The Morgan fingerprint density at radius 2 is 1.80 bits per heavy atom. The van der Waals surface area contributed by atoms with Gasteiger partial charge in [0.1, 0.15) is 11.6 Å². The summed E-state index contributed by atoms with van der Waals surface area (Å²) in [6.07, 6.45) is 1.77. The molecule has 1 aromatic carbocycles. The molecule has 3 rings (SSSR count). The second-order valence-corrected chi connectivity index (χ2v) is 5.28. The van der Waals surface area contributed by atoms with Crippen molar-refractivity contribution >= 4 is 17.6 Å². The molecule has 0 radical (unpaired) electrons. The molecule has 2 aromatic heterocycles. The van der Waals surface area contributed by atoms with Crippen molar-refractivity contribution in [3.05, 3.63) is 72.6 Å². The van der Waals surface area contributed by atoms with Crippen LogP contribution in [0.25, 0.3) is 0 Å². The van der Waals surface area contributed by atoms with Gasteiger partial charge in [0.2, 0.25) is 0 Å². The Kier molecular flexibility index (Phi) is 4.04. The van der Waals surface area contributed by atoms with E-state index in [1.165, 1.54) is 4.90 Å². The summed E-state index contributed by atoms with van der Waals surface area (Å²) in [5.74, 6) is 1.75. The zero-order chi connectivity index (χ0) is 13.6. The third-order valence-corrected chi connectivity index (χ3v) is 3.64. The summed E-state index contributed by atoms with van der Waals surface area (Å²) in [5.41, 5.74) is 0. The van der Waals surface area contributed by atoms with Crippen LogP contribution in [0, 0.1) is 0 Å². The van der Waals surface area contributed by atoms with E-state index in [1.807, 2.05) is 48.5 Å². The Balaban J connectivity index is 1.60. The smallest absolute Gasteiger partial charge is 0.165 e. The number of anilines is 1. The van der Waals surface area contributed by atoms with Crippen LogP contribution in [0.4, 0.5) is 5.82 Å². The highest BCUT2D eigenvalue weighted by Gasteiger charge is 2.04. The van der Waals surface area contributed by atoms with Crippen LogP contribution in [-0.2, 0) is 6.54 Å². The maximum absolute atomic E-state index is 5.78. The fourth-order valence-electron chi connectivity index (χ4n) is 1.76. The molecule has 0 saturated carbocycles. The minimum Gasteiger partial charge on any atom is -0.453 e. The lowest BCUT2D eigenvalue weighted by molar-refractivity contribution is 0.437. The van der Waals surface area contributed by atoms with E-state index in [0.29, 0.717) is 6.54 Å². The molecule has 0 atom stereocenters. The van der Waals surface area contributed by atoms with E-state index < -0.39 is 0 Å². The lowest BCUT2D eigenvalue weighted by atomic mass is 10.4. The maximum Gasteiger partial charge on any atom is 0.165 e. The molecule has 0 bridgehead atoms. The number of nitrogens with zero attached hydrogens (tertiary/aromatic N) is 1. The minimum absolute atomic E-state index is 0.631. The molecule has 0 spiro atoms. The first-order valence-corrected chi connectivity index (χ1v) is 7.18. The molecule has 2 heterocycles. The minimum atomic E-state index is 0.631. The molecule has 0 amide bonds. The predicted octanol–water partition coefficient (Wildman–Crippen LogP) is 4.44. The molecule has 0 aliphatic heterocycles. The second-order valence-electron chi connectivity index (χ2n) is 4.20. The number of benzene rings is 1. The van der Waals surface area contributed by atoms with Gasteiger partial charge in [-0.05, 0) is 36.4 Å². The average molecular weight is 282 g/mol. The first-order valence-electron chi connectivity index (χ1n) is 6.37. The van der Waals surface area contributed by atoms with Gasteiger partial charge in [0.15, 0.2) is 5.09 Å². The Morgan fingerprint density at radius 1 is 0.950 bits per heavy atom. The van der Waals surface area contributed by atoms with Crippen molar-refractivity contribution in [1.82, 2.24) is 4.98 Å². The van der Waals surface area contributed by atoms with Gasteiger partial charge >= 0.3 is 0 Å². The van der Waals surface area contributed by atoms with Gasteiger partial charge in [-0.15, -0.1) is 0 Å². The van der Waals surface area contributed by atoms with Gasteiger partial charge in [0.25, 0.3) is 0 Å². The third kappa shape index (κ3) is 3.42. The lowest BCUT2D eigenvalue weighted by Crippen LogP contribution is -1.99. The van der Waals surface area contributed by atoms with Crippen LogP contribution < -0.4 is 5.32 Å². The van der Waals surface area contributed by atoms with Gasteiger partial charge < -0.3 is 9.73 Å². The molecule has 3 aromatic rings. The highest BCUT2D eigenvalue weighted by Crippen LogP contribution is 2.29. The van der Waals surface area contributed by atoms with E-state index in [2.05, 4.69) is 22.4 Å². The van der Waals surface area contributed by atoms with E-state index >= 15 is 0 Å². The van der Waals surface area contributed by atoms with Crippen molar-refractivity contribution in [1.29, 1.82) is 0 Å². The van der Waals surface area contributed by atoms with Gasteiger partial charge in [-0.3, -0.25) is 0 Å². The monoisotopic (exact) mass is 282 g/mol. The Labute approximate surface area is 122 Å². The van der Waals surface area contributed by atoms with Crippen molar-refractivity contribution in [2.75, 3.05) is 5.32 Å². The number of nitrogens with one attached hydrogen (secondary N) is 1. The second kappa shape index (κ2) is 6.30. The fraction of sp³-hybridized carbons (Fsp3) is 0.0625. The van der Waals surface area contributed by atoms with Crippen molar-refractivity contribution in [2.24, 2.45) is 0 Å². The summed E-state index contributed by atoms with van der Waals surface area (Å²) in [4.78, 5) is 5.38. The first kappa shape index (κ1) is 12.8. The van der Waals surface area contributed by atoms with Crippen LogP contribution in [-0.4, -0.2) is 4.98 Å². The SMILES string of the molecule is c1ccc(Sc2ccc(CNc3ccccn3)o2)cc1. The molecule has 0 saturated heterocycles. The largest absolute Gasteiger partial charge is 0.453 e. The molecule has 20 heavy (non-hydrogen) atoms. The van der Waals surface area contributed by atoms with Gasteiger partial charge in [0.05, 0.1) is 6.54 Å². The molecule has 100 valence electrons. The molecule has 0 unspecified atom stereocenters. The summed E-state index contributed by atoms with van der Waals surface area (Å²) in [6, 6.07) is 20.0. The third-order valence-electron chi connectivity index (χ3n) is 2.71. The fourth-order valence-corrected chi connectivity index (χ4v) is 2.57. The summed E-state index contributed by atoms with van der Waals surface area (Å²) in [7, 11) is 0. The van der Waals surface area contributed by atoms with E-state index in [-0.39, 0.29) is 0 Å². The zero-order valence-corrected chi connectivity index (χ0v) is 11.6. The number of furan rings is 1. The van der Waals surface area contributed by atoms with Gasteiger partial charge in [-0.1, -0.05) is 36.0 Å². The standard InChI is InChI=1S/C16H14N2OS/c1-2-6-14(7-3-1)20-16-10-9-13(19-16)12-18-15-8-4-5-11-17-15/h1-11H,12H2,(H,17,18). The number of aromatic nitrogens is 1. The summed E-state index contributed by atoms with van der Waals surface area (Å²) in [6.45, 7) is 0.631. The quantitative estimate of drug-likeness (QED) is 0.751. The zero-order valence-electron chi connectivity index (χ0n) is 10.8. The predicted molar refractivity (Wildman–Crippen MR) is 80.8 cm³/mol. The molecule has 0 aliphatic rings. The molecular formula is C16H14N2OS. The average Bonchev–Trinajstić information content (AvgIpc) is 2.95. The molecule has 0 aliphatic carbocycles. The molecule has 0 fully saturated rings. The van der Waals surface area contributed by atoms with Crippen LogP contribution in [0.3, 0.4) is 0 Å². The van der Waals surface area contributed by atoms with E-state index in [0.717, 1.165) is 16.7 Å². The number of hydrogen-bond donors (Lipinski definition) is 1. The first-order chi connectivity index (χ1) is 9.90. The Bertz CT molecular complexity index is 653. The molecule has 1 N–H and O–H groups in total. The van der Waals surface area contributed by atoms with Crippen molar-refractivity contribution < 1.29 is 4.42 Å². The van der Waals surface area contributed by atoms with Crippen LogP contribution in [0.15, 0.2) is 81.3 Å². The Hall–Kier alpha value is -2.20. The summed E-state index contributed by atoms with van der Waals surface area (Å²) < 4.78 is 5.78. The number of hydrogen-bond acceptors (Lipinski definition) is 4. The van der Waals surface area contributed by atoms with Crippen molar-refractivity contribution in [3.63, 3.8) is 0 Å². The van der Waals surface area contributed by atoms with Gasteiger partial charge in [-0.2, -0.15) is 0 Å². The van der Waals surface area contributed by atoms with E-state index in [1.54, 1.807) is 18.0 Å². The summed E-state index contributed by atoms with van der Waals surface area (Å²) >= 11 is 1.62. The van der Waals surface area contributed by atoms with Crippen LogP contribution in [0.1, 0.15) is 5.76 Å². The molecule has 4 heteroatoms. The van der Waals surface area contributed by atoms with E-state index in [9.17, 15) is 0 Å². The van der Waals surface area contributed by atoms with Crippen LogP contribution in [0.5, 0.6) is 0 Å². The highest BCUT2D eigenvalue weighted by atomic mass is 32.2. The maximum atomic E-state index is 5.78. The molecule has 3 nitrogen and oxygen atoms in total.